The van der Waals surface area contributed by atoms with Gasteiger partial charge in [-0.15, -0.1) is 11.3 Å². The number of nitrogens with one attached hydrogen (secondary N) is 1. The molecule has 0 aliphatic rings. The van der Waals surface area contributed by atoms with E-state index in [1.165, 1.54) is 12.1 Å². The van der Waals surface area contributed by atoms with E-state index in [-0.39, 0.29) is 9.36 Å². The number of nitrogens with zero attached hydrogens (tertiary/aromatic N) is 2. The molecule has 2 rings (SSSR count). The number of sulfonamides is 1. The van der Waals surface area contributed by atoms with Crippen molar-refractivity contribution in [3.63, 3.8) is 0 Å². The summed E-state index contributed by atoms with van der Waals surface area (Å²) < 4.78 is 26.7. The van der Waals surface area contributed by atoms with Crippen LogP contribution in [0.4, 0.5) is 11.5 Å². The van der Waals surface area contributed by atoms with Crippen molar-refractivity contribution in [2.24, 2.45) is 0 Å². The number of pyridine rings is 1. The van der Waals surface area contributed by atoms with Crippen LogP contribution in [0.1, 0.15) is 5.56 Å². The van der Waals surface area contributed by atoms with Crippen LogP contribution in [0.3, 0.4) is 0 Å². The Kier molecular flexibility index (Phi) is 4.38. The number of thiophene rings is 1. The molecule has 112 valence electrons. The largest absolute Gasteiger partial charge is 0.312 e. The molecule has 7 nitrogen and oxygen atoms in total. The van der Waals surface area contributed by atoms with Crippen molar-refractivity contribution < 1.29 is 13.3 Å². The van der Waals surface area contributed by atoms with Gasteiger partial charge in [0.1, 0.15) is 9.36 Å². The van der Waals surface area contributed by atoms with Crippen LogP contribution in [0.15, 0.2) is 22.4 Å². The number of halogens is 2. The van der Waals surface area contributed by atoms with Crippen molar-refractivity contribution in [1.82, 2.24) is 4.98 Å². The van der Waals surface area contributed by atoms with Crippen molar-refractivity contribution in [2.75, 3.05) is 4.72 Å². The molecule has 0 aliphatic carbocycles. The third kappa shape index (κ3) is 3.43. The van der Waals surface area contributed by atoms with Gasteiger partial charge in [-0.05, 0) is 24.6 Å². The maximum atomic E-state index is 12.2. The third-order valence-corrected chi connectivity index (χ3v) is 5.95. The number of hydrogen-bond acceptors (Lipinski definition) is 6. The smallest absolute Gasteiger partial charge is 0.258 e. The molecule has 0 bridgehead atoms. The number of hydrogen-bond donors (Lipinski definition) is 1. The molecule has 1 N–H and O–H groups in total. The summed E-state index contributed by atoms with van der Waals surface area (Å²) >= 11 is 12.3. The number of aryl methyl sites for hydroxylation is 1. The van der Waals surface area contributed by atoms with Gasteiger partial charge in [-0.2, -0.15) is 0 Å². The molecule has 0 radical (unpaired) electrons. The Hall–Kier alpha value is -1.42. The van der Waals surface area contributed by atoms with E-state index in [0.29, 0.717) is 9.90 Å². The minimum absolute atomic E-state index is 0.0685. The van der Waals surface area contributed by atoms with Crippen LogP contribution in [0.25, 0.3) is 0 Å². The molecule has 0 atom stereocenters. The Bertz CT molecular complexity index is 800. The fourth-order valence-corrected chi connectivity index (χ4v) is 4.26. The van der Waals surface area contributed by atoms with Gasteiger partial charge in [-0.25, -0.2) is 13.4 Å². The van der Waals surface area contributed by atoms with E-state index in [2.05, 4.69) is 9.71 Å². The van der Waals surface area contributed by atoms with E-state index < -0.39 is 26.5 Å². The molecule has 0 aromatic carbocycles. The molecule has 0 unspecified atom stereocenters. The SMILES string of the molecule is Cc1cc(S(=O)(=O)Nc2nc(Cl)ccc2[N+](=O)[O-])sc1Cl. The number of aromatic nitrogens is 1. The Balaban J connectivity index is 2.45. The van der Waals surface area contributed by atoms with E-state index in [9.17, 15) is 18.5 Å². The second-order valence-corrected chi connectivity index (χ2v) is 7.84. The first-order valence-corrected chi connectivity index (χ1v) is 8.36. The average Bonchev–Trinajstić information content (AvgIpc) is 2.69. The molecule has 2 aromatic heterocycles. The highest BCUT2D eigenvalue weighted by atomic mass is 35.5. The van der Waals surface area contributed by atoms with Gasteiger partial charge in [0.25, 0.3) is 10.0 Å². The predicted octanol–water partition coefficient (Wildman–Crippen LogP) is 3.47. The van der Waals surface area contributed by atoms with Crippen molar-refractivity contribution in [3.05, 3.63) is 43.4 Å². The highest BCUT2D eigenvalue weighted by molar-refractivity contribution is 7.94. The van der Waals surface area contributed by atoms with Gasteiger partial charge < -0.3 is 0 Å². The lowest BCUT2D eigenvalue weighted by atomic mass is 10.4. The van der Waals surface area contributed by atoms with Gasteiger partial charge in [0.2, 0.25) is 5.82 Å². The van der Waals surface area contributed by atoms with Crippen LogP contribution in [0.5, 0.6) is 0 Å². The molecule has 0 saturated carbocycles. The molecule has 2 aromatic rings. The zero-order valence-electron chi connectivity index (χ0n) is 10.3. The van der Waals surface area contributed by atoms with Gasteiger partial charge in [0, 0.05) is 6.07 Å². The lowest BCUT2D eigenvalue weighted by molar-refractivity contribution is -0.384. The topological polar surface area (TPSA) is 102 Å². The van der Waals surface area contributed by atoms with E-state index in [0.717, 1.165) is 17.4 Å². The lowest BCUT2D eigenvalue weighted by Gasteiger charge is -2.06. The maximum Gasteiger partial charge on any atom is 0.312 e. The lowest BCUT2D eigenvalue weighted by Crippen LogP contribution is -2.14. The molecule has 0 aliphatic heterocycles. The Labute approximate surface area is 133 Å². The fraction of sp³-hybridized carbons (Fsp3) is 0.100. The number of nitro groups is 1. The van der Waals surface area contributed by atoms with Crippen LogP contribution in [-0.2, 0) is 10.0 Å². The van der Waals surface area contributed by atoms with Crippen LogP contribution in [0, 0.1) is 17.0 Å². The third-order valence-electron chi connectivity index (χ3n) is 2.37. The van der Waals surface area contributed by atoms with Crippen LogP contribution in [0.2, 0.25) is 9.49 Å². The first-order valence-electron chi connectivity index (χ1n) is 5.30. The first-order chi connectivity index (χ1) is 9.70. The monoisotopic (exact) mass is 367 g/mol. The molecule has 0 saturated heterocycles. The van der Waals surface area contributed by atoms with Crippen molar-refractivity contribution in [3.8, 4) is 0 Å². The number of rotatable bonds is 4. The summed E-state index contributed by atoms with van der Waals surface area (Å²) in [7, 11) is -4.03. The van der Waals surface area contributed by atoms with E-state index in [1.807, 2.05) is 0 Å². The Morgan fingerprint density at radius 2 is 2.05 bits per heavy atom. The summed E-state index contributed by atoms with van der Waals surface area (Å²) in [6.45, 7) is 1.65. The van der Waals surface area contributed by atoms with E-state index >= 15 is 0 Å². The maximum absolute atomic E-state index is 12.2. The van der Waals surface area contributed by atoms with Crippen molar-refractivity contribution in [1.29, 1.82) is 0 Å². The molecule has 0 fully saturated rings. The standard InChI is InChI=1S/C10H7Cl2N3O4S2/c1-5-4-8(20-9(5)12)21(18,19)14-10-6(15(16)17)2-3-7(11)13-10/h2-4H,1H3,(H,13,14). The molecule has 0 amide bonds. The van der Waals surface area contributed by atoms with Crippen LogP contribution < -0.4 is 4.72 Å². The predicted molar refractivity (Wildman–Crippen MR) is 80.8 cm³/mol. The second kappa shape index (κ2) is 5.76. The van der Waals surface area contributed by atoms with Gasteiger partial charge >= 0.3 is 5.69 Å². The summed E-state index contributed by atoms with van der Waals surface area (Å²) in [5.41, 5.74) is 0.0953. The zero-order valence-corrected chi connectivity index (χ0v) is 13.5. The van der Waals surface area contributed by atoms with E-state index in [4.69, 9.17) is 23.2 Å². The zero-order chi connectivity index (χ0) is 15.8. The summed E-state index contributed by atoms with van der Waals surface area (Å²) in [5, 5.41) is 10.8. The normalized spacial score (nSPS) is 11.4. The van der Waals surface area contributed by atoms with Crippen molar-refractivity contribution in [2.45, 2.75) is 11.1 Å². The van der Waals surface area contributed by atoms with Gasteiger partial charge in [-0.3, -0.25) is 14.8 Å². The second-order valence-electron chi connectivity index (χ2n) is 3.89. The summed E-state index contributed by atoms with van der Waals surface area (Å²) in [6.07, 6.45) is 0. The molecular weight excluding hydrogens is 361 g/mol. The van der Waals surface area contributed by atoms with Gasteiger partial charge in [0.05, 0.1) is 9.26 Å². The first kappa shape index (κ1) is 16.0. The molecule has 0 spiro atoms. The molecule has 11 heteroatoms. The summed E-state index contributed by atoms with van der Waals surface area (Å²) in [4.78, 5) is 13.8. The fourth-order valence-electron chi connectivity index (χ4n) is 1.39. The van der Waals surface area contributed by atoms with Crippen LogP contribution >= 0.6 is 34.5 Å². The molecule has 2 heterocycles. The summed E-state index contributed by atoms with van der Waals surface area (Å²) in [6, 6.07) is 3.63. The van der Waals surface area contributed by atoms with E-state index in [1.54, 1.807) is 6.92 Å². The van der Waals surface area contributed by atoms with Gasteiger partial charge in [0.15, 0.2) is 0 Å². The van der Waals surface area contributed by atoms with Gasteiger partial charge in [-0.1, -0.05) is 23.2 Å². The minimum atomic E-state index is -4.03. The quantitative estimate of drug-likeness (QED) is 0.506. The summed E-state index contributed by atoms with van der Waals surface area (Å²) in [5.74, 6) is -0.449. The molecule has 21 heavy (non-hydrogen) atoms. The van der Waals surface area contributed by atoms with Crippen LogP contribution in [-0.4, -0.2) is 18.3 Å². The number of anilines is 1. The van der Waals surface area contributed by atoms with Crippen molar-refractivity contribution >= 4 is 56.1 Å². The average molecular weight is 368 g/mol. The highest BCUT2D eigenvalue weighted by Crippen LogP contribution is 2.32. The minimum Gasteiger partial charge on any atom is -0.258 e. The Morgan fingerprint density at radius 3 is 2.57 bits per heavy atom. The molecular formula is C10H7Cl2N3O4S2. The highest BCUT2D eigenvalue weighted by Gasteiger charge is 2.24. The Morgan fingerprint density at radius 1 is 1.38 bits per heavy atom.